The third-order valence-corrected chi connectivity index (χ3v) is 2.79. The van der Waals surface area contributed by atoms with Crippen molar-refractivity contribution in [1.29, 1.82) is 0 Å². The van der Waals surface area contributed by atoms with E-state index in [2.05, 4.69) is 0 Å². The molecule has 0 aliphatic rings. The van der Waals surface area contributed by atoms with Gasteiger partial charge in [0.05, 0.1) is 0 Å². The van der Waals surface area contributed by atoms with Gasteiger partial charge >= 0.3 is 5.97 Å². The third kappa shape index (κ3) is 6.97. The smallest absolute Gasteiger partial charge is 0.306 e. The van der Waals surface area contributed by atoms with Crippen LogP contribution in [0.5, 0.6) is 0 Å². The molecule has 1 rings (SSSR count). The highest BCUT2D eigenvalue weighted by molar-refractivity contribution is 5.69. The van der Waals surface area contributed by atoms with Crippen molar-refractivity contribution in [3.05, 3.63) is 35.9 Å². The van der Waals surface area contributed by atoms with Gasteiger partial charge in [-0.3, -0.25) is 4.79 Å². The fraction of sp³-hybridized carbons (Fsp3) is 0.562. The van der Waals surface area contributed by atoms with Gasteiger partial charge in [-0.15, -0.1) is 0 Å². The lowest BCUT2D eigenvalue weighted by molar-refractivity contribution is -0.154. The van der Waals surface area contributed by atoms with Crippen molar-refractivity contribution in [2.45, 2.75) is 58.1 Å². The van der Waals surface area contributed by atoms with Crippen LogP contribution < -0.4 is 5.73 Å². The molecule has 19 heavy (non-hydrogen) atoms. The molecule has 0 bridgehead atoms. The molecule has 0 amide bonds. The number of ether oxygens (including phenoxy) is 1. The summed E-state index contributed by atoms with van der Waals surface area (Å²) in [5, 5.41) is 0. The van der Waals surface area contributed by atoms with E-state index in [1.165, 1.54) is 0 Å². The van der Waals surface area contributed by atoms with Crippen molar-refractivity contribution in [3.63, 3.8) is 0 Å². The average Bonchev–Trinajstić information content (AvgIpc) is 2.33. The monoisotopic (exact) mass is 263 g/mol. The molecule has 0 aliphatic carbocycles. The van der Waals surface area contributed by atoms with Crippen molar-refractivity contribution < 1.29 is 9.53 Å². The zero-order chi connectivity index (χ0) is 14.3. The Balaban J connectivity index is 2.19. The maximum absolute atomic E-state index is 11.5. The number of benzene rings is 1. The molecule has 0 aliphatic heterocycles. The van der Waals surface area contributed by atoms with E-state index in [0.717, 1.165) is 24.8 Å². The summed E-state index contributed by atoms with van der Waals surface area (Å²) < 4.78 is 5.26. The molecule has 0 radical (unpaired) electrons. The van der Waals surface area contributed by atoms with Crippen LogP contribution in [0, 0.1) is 0 Å². The summed E-state index contributed by atoms with van der Waals surface area (Å²) in [6.07, 6.45) is 3.14. The van der Waals surface area contributed by atoms with Gasteiger partial charge in [-0.2, -0.15) is 0 Å². The predicted molar refractivity (Wildman–Crippen MR) is 77.7 cm³/mol. The van der Waals surface area contributed by atoms with Gasteiger partial charge in [-0.05, 0) is 39.2 Å². The van der Waals surface area contributed by atoms with Crippen LogP contribution in [-0.2, 0) is 9.53 Å². The third-order valence-electron chi connectivity index (χ3n) is 2.79. The van der Waals surface area contributed by atoms with Gasteiger partial charge in [0, 0.05) is 12.5 Å². The quantitative estimate of drug-likeness (QED) is 0.630. The van der Waals surface area contributed by atoms with E-state index >= 15 is 0 Å². The minimum Gasteiger partial charge on any atom is -0.460 e. The standard InChI is InChI=1S/C16H25NO2/c1-16(2,3)19-15(18)12-8-7-11-14(17)13-9-5-4-6-10-13/h4-6,9-10,14H,7-8,11-12,17H2,1-3H3. The Morgan fingerprint density at radius 1 is 1.21 bits per heavy atom. The van der Waals surface area contributed by atoms with Crippen LogP contribution in [0.3, 0.4) is 0 Å². The maximum atomic E-state index is 11.5. The Labute approximate surface area is 116 Å². The molecule has 106 valence electrons. The molecule has 3 nitrogen and oxygen atoms in total. The summed E-state index contributed by atoms with van der Waals surface area (Å²) >= 11 is 0. The number of nitrogens with two attached hydrogens (primary N) is 1. The van der Waals surface area contributed by atoms with Gasteiger partial charge < -0.3 is 10.5 Å². The van der Waals surface area contributed by atoms with Gasteiger partial charge in [-0.1, -0.05) is 36.8 Å². The van der Waals surface area contributed by atoms with Crippen LogP contribution in [0.1, 0.15) is 58.1 Å². The van der Waals surface area contributed by atoms with Crippen molar-refractivity contribution in [2.24, 2.45) is 5.73 Å². The number of carbonyl (C=O) groups excluding carboxylic acids is 1. The Hall–Kier alpha value is -1.35. The van der Waals surface area contributed by atoms with Crippen LogP contribution in [0.2, 0.25) is 0 Å². The lowest BCUT2D eigenvalue weighted by Crippen LogP contribution is -2.23. The van der Waals surface area contributed by atoms with Crippen LogP contribution in [0.15, 0.2) is 30.3 Å². The summed E-state index contributed by atoms with van der Waals surface area (Å²) in [5.41, 5.74) is 6.86. The first-order valence-electron chi connectivity index (χ1n) is 6.91. The van der Waals surface area contributed by atoms with Crippen molar-refractivity contribution in [3.8, 4) is 0 Å². The van der Waals surface area contributed by atoms with Gasteiger partial charge in [0.1, 0.15) is 5.60 Å². The molecule has 0 saturated carbocycles. The molecule has 0 heterocycles. The zero-order valence-corrected chi connectivity index (χ0v) is 12.2. The van der Waals surface area contributed by atoms with Crippen molar-refractivity contribution in [2.75, 3.05) is 0 Å². The number of hydrogen-bond acceptors (Lipinski definition) is 3. The molecule has 0 aromatic heterocycles. The molecule has 1 aromatic carbocycles. The fourth-order valence-electron chi connectivity index (χ4n) is 1.89. The predicted octanol–water partition coefficient (Wildman–Crippen LogP) is 3.59. The molecule has 0 fully saturated rings. The van der Waals surface area contributed by atoms with Gasteiger partial charge in [-0.25, -0.2) is 0 Å². The van der Waals surface area contributed by atoms with Gasteiger partial charge in [0.25, 0.3) is 0 Å². The van der Waals surface area contributed by atoms with E-state index in [-0.39, 0.29) is 12.0 Å². The van der Waals surface area contributed by atoms with Crippen LogP contribution in [-0.4, -0.2) is 11.6 Å². The number of esters is 1. The van der Waals surface area contributed by atoms with E-state index in [1.54, 1.807) is 0 Å². The van der Waals surface area contributed by atoms with E-state index in [1.807, 2.05) is 51.1 Å². The summed E-state index contributed by atoms with van der Waals surface area (Å²) in [7, 11) is 0. The first-order valence-corrected chi connectivity index (χ1v) is 6.91. The second-order valence-corrected chi connectivity index (χ2v) is 5.85. The van der Waals surface area contributed by atoms with E-state index in [4.69, 9.17) is 10.5 Å². The molecular formula is C16H25NO2. The summed E-state index contributed by atoms with van der Waals surface area (Å²) in [6, 6.07) is 10.1. The normalized spacial score (nSPS) is 13.1. The van der Waals surface area contributed by atoms with E-state index in [9.17, 15) is 4.79 Å². The topological polar surface area (TPSA) is 52.3 Å². The van der Waals surface area contributed by atoms with Crippen molar-refractivity contribution >= 4 is 5.97 Å². The minimum atomic E-state index is -0.391. The van der Waals surface area contributed by atoms with Gasteiger partial charge in [0.2, 0.25) is 0 Å². The lowest BCUT2D eigenvalue weighted by atomic mass is 10.0. The highest BCUT2D eigenvalue weighted by Crippen LogP contribution is 2.17. The van der Waals surface area contributed by atoms with Crippen molar-refractivity contribution in [1.82, 2.24) is 0 Å². The molecular weight excluding hydrogens is 238 g/mol. The molecule has 1 unspecified atom stereocenters. The minimum absolute atomic E-state index is 0.0554. The Morgan fingerprint density at radius 3 is 2.42 bits per heavy atom. The molecule has 2 N–H and O–H groups in total. The molecule has 3 heteroatoms. The van der Waals surface area contributed by atoms with Crippen LogP contribution in [0.25, 0.3) is 0 Å². The second-order valence-electron chi connectivity index (χ2n) is 5.85. The average molecular weight is 263 g/mol. The Morgan fingerprint density at radius 2 is 1.84 bits per heavy atom. The zero-order valence-electron chi connectivity index (χ0n) is 12.2. The fourth-order valence-corrected chi connectivity index (χ4v) is 1.89. The molecule has 1 atom stereocenters. The van der Waals surface area contributed by atoms with E-state index < -0.39 is 5.60 Å². The second kappa shape index (κ2) is 7.29. The van der Waals surface area contributed by atoms with Crippen LogP contribution >= 0.6 is 0 Å². The maximum Gasteiger partial charge on any atom is 0.306 e. The molecule has 0 spiro atoms. The Bertz CT molecular complexity index is 381. The highest BCUT2D eigenvalue weighted by Gasteiger charge is 2.15. The highest BCUT2D eigenvalue weighted by atomic mass is 16.6. The number of rotatable bonds is 6. The number of unbranched alkanes of at least 4 members (excludes halogenated alkanes) is 1. The first-order chi connectivity index (χ1) is 8.88. The first kappa shape index (κ1) is 15.7. The van der Waals surface area contributed by atoms with Crippen LogP contribution in [0.4, 0.5) is 0 Å². The summed E-state index contributed by atoms with van der Waals surface area (Å²) in [6.45, 7) is 5.66. The molecule has 1 aromatic rings. The van der Waals surface area contributed by atoms with Gasteiger partial charge in [0.15, 0.2) is 0 Å². The number of carbonyl (C=O) groups is 1. The Kier molecular flexibility index (Phi) is 6.03. The number of hydrogen-bond donors (Lipinski definition) is 1. The molecule has 0 saturated heterocycles. The lowest BCUT2D eigenvalue weighted by Gasteiger charge is -2.19. The SMILES string of the molecule is CC(C)(C)OC(=O)CCCCC(N)c1ccccc1. The summed E-state index contributed by atoms with van der Waals surface area (Å²) in [4.78, 5) is 11.5. The van der Waals surface area contributed by atoms with E-state index in [0.29, 0.717) is 6.42 Å². The largest absolute Gasteiger partial charge is 0.460 e. The summed E-state index contributed by atoms with van der Waals surface area (Å²) in [5.74, 6) is -0.124.